The fourth-order valence-corrected chi connectivity index (χ4v) is 3.82. The Balaban J connectivity index is 1.80. The standard InChI is InChI=1S/C14H13BrN2O2S/c15-9-5-10-13(17-7-9)11(1-4-16-10)20-8-14(2-3-14)6-12(18)19/h1,4-5,7H,2-3,6,8H2,(H,18,19). The first-order chi connectivity index (χ1) is 9.58. The van der Waals surface area contributed by atoms with Crippen molar-refractivity contribution in [3.05, 3.63) is 29.0 Å². The maximum absolute atomic E-state index is 10.9. The molecule has 0 radical (unpaired) electrons. The summed E-state index contributed by atoms with van der Waals surface area (Å²) in [6, 6.07) is 3.89. The first kappa shape index (κ1) is 13.8. The Hall–Kier alpha value is -1.14. The predicted molar refractivity (Wildman–Crippen MR) is 81.9 cm³/mol. The number of carboxylic acid groups (broad SMARTS) is 1. The number of pyridine rings is 2. The van der Waals surface area contributed by atoms with Gasteiger partial charge in [0.25, 0.3) is 0 Å². The molecule has 3 rings (SSSR count). The molecule has 0 atom stereocenters. The molecule has 0 aromatic carbocycles. The number of nitrogens with zero attached hydrogens (tertiary/aromatic N) is 2. The summed E-state index contributed by atoms with van der Waals surface area (Å²) in [5.41, 5.74) is 1.72. The third kappa shape index (κ3) is 2.96. The molecule has 0 bridgehead atoms. The van der Waals surface area contributed by atoms with Gasteiger partial charge in [-0.1, -0.05) is 0 Å². The molecule has 0 amide bonds. The molecule has 6 heteroatoms. The maximum Gasteiger partial charge on any atom is 0.303 e. The number of carbonyl (C=O) groups is 1. The van der Waals surface area contributed by atoms with E-state index >= 15 is 0 Å². The van der Waals surface area contributed by atoms with Crippen molar-refractivity contribution in [2.45, 2.75) is 24.2 Å². The van der Waals surface area contributed by atoms with Crippen LogP contribution in [0.3, 0.4) is 0 Å². The largest absolute Gasteiger partial charge is 0.481 e. The number of hydrogen-bond donors (Lipinski definition) is 1. The van der Waals surface area contributed by atoms with Crippen molar-refractivity contribution >= 4 is 44.7 Å². The molecule has 1 fully saturated rings. The van der Waals surface area contributed by atoms with E-state index in [4.69, 9.17) is 5.11 Å². The van der Waals surface area contributed by atoms with E-state index in [0.717, 1.165) is 39.0 Å². The quantitative estimate of drug-likeness (QED) is 0.830. The topological polar surface area (TPSA) is 63.1 Å². The number of aromatic nitrogens is 2. The summed E-state index contributed by atoms with van der Waals surface area (Å²) < 4.78 is 0.907. The molecule has 2 aromatic heterocycles. The van der Waals surface area contributed by atoms with Crippen LogP contribution in [0.4, 0.5) is 0 Å². The summed E-state index contributed by atoms with van der Waals surface area (Å²) >= 11 is 5.08. The SMILES string of the molecule is O=C(O)CC1(CSc2ccnc3cc(Br)cnc23)CC1. The van der Waals surface area contributed by atoms with Gasteiger partial charge in [-0.25, -0.2) is 0 Å². The second-order valence-electron chi connectivity index (χ2n) is 5.19. The van der Waals surface area contributed by atoms with Crippen molar-refractivity contribution in [2.75, 3.05) is 5.75 Å². The minimum Gasteiger partial charge on any atom is -0.481 e. The molecule has 0 aliphatic heterocycles. The Morgan fingerprint density at radius 3 is 2.95 bits per heavy atom. The van der Waals surface area contributed by atoms with E-state index in [1.165, 1.54) is 0 Å². The summed E-state index contributed by atoms with van der Waals surface area (Å²) in [7, 11) is 0. The average molecular weight is 353 g/mol. The van der Waals surface area contributed by atoms with Gasteiger partial charge in [-0.15, -0.1) is 11.8 Å². The van der Waals surface area contributed by atoms with E-state index in [1.54, 1.807) is 24.2 Å². The maximum atomic E-state index is 10.9. The van der Waals surface area contributed by atoms with Crippen molar-refractivity contribution in [3.8, 4) is 0 Å². The molecular weight excluding hydrogens is 340 g/mol. The number of aliphatic carboxylic acids is 1. The molecule has 1 aliphatic rings. The molecular formula is C14H13BrN2O2S. The third-order valence-corrected chi connectivity index (χ3v) is 5.36. The minimum absolute atomic E-state index is 0.0124. The number of halogens is 1. The van der Waals surface area contributed by atoms with Crippen LogP contribution in [-0.4, -0.2) is 26.8 Å². The number of rotatable bonds is 5. The highest BCUT2D eigenvalue weighted by Gasteiger charge is 2.44. The van der Waals surface area contributed by atoms with Crippen LogP contribution in [0.5, 0.6) is 0 Å². The summed E-state index contributed by atoms with van der Waals surface area (Å²) in [6.07, 6.45) is 5.82. The molecule has 1 saturated carbocycles. The van der Waals surface area contributed by atoms with Crippen LogP contribution in [0.2, 0.25) is 0 Å². The van der Waals surface area contributed by atoms with E-state index in [-0.39, 0.29) is 11.8 Å². The Morgan fingerprint density at radius 2 is 2.25 bits per heavy atom. The van der Waals surface area contributed by atoms with Gasteiger partial charge in [-0.3, -0.25) is 14.8 Å². The first-order valence-corrected chi connectivity index (χ1v) is 8.11. The number of hydrogen-bond acceptors (Lipinski definition) is 4. The second kappa shape index (κ2) is 5.33. The van der Waals surface area contributed by atoms with Crippen LogP contribution >= 0.6 is 27.7 Å². The van der Waals surface area contributed by atoms with Crippen molar-refractivity contribution in [1.29, 1.82) is 0 Å². The monoisotopic (exact) mass is 352 g/mol. The molecule has 2 aromatic rings. The van der Waals surface area contributed by atoms with Crippen molar-refractivity contribution in [3.63, 3.8) is 0 Å². The molecule has 0 spiro atoms. The number of thioether (sulfide) groups is 1. The molecule has 0 unspecified atom stereocenters. The van der Waals surface area contributed by atoms with E-state index in [0.29, 0.717) is 0 Å². The molecule has 4 nitrogen and oxygen atoms in total. The van der Waals surface area contributed by atoms with Gasteiger partial charge in [0.05, 0.1) is 11.9 Å². The molecule has 104 valence electrons. The van der Waals surface area contributed by atoms with Gasteiger partial charge in [0.2, 0.25) is 0 Å². The average Bonchev–Trinajstić information content (AvgIpc) is 3.15. The highest BCUT2D eigenvalue weighted by atomic mass is 79.9. The van der Waals surface area contributed by atoms with E-state index in [9.17, 15) is 4.79 Å². The third-order valence-electron chi connectivity index (χ3n) is 3.52. The van der Waals surface area contributed by atoms with Gasteiger partial charge in [0.1, 0.15) is 5.52 Å². The Bertz CT molecular complexity index is 673. The van der Waals surface area contributed by atoms with Crippen LogP contribution in [-0.2, 0) is 4.79 Å². The zero-order chi connectivity index (χ0) is 14.2. The Kier molecular flexibility index (Phi) is 3.69. The van der Waals surface area contributed by atoms with Crippen molar-refractivity contribution in [2.24, 2.45) is 5.41 Å². The Morgan fingerprint density at radius 1 is 1.45 bits per heavy atom. The minimum atomic E-state index is -0.704. The van der Waals surface area contributed by atoms with Crippen LogP contribution in [0, 0.1) is 5.41 Å². The fourth-order valence-electron chi connectivity index (χ4n) is 2.20. The van der Waals surface area contributed by atoms with Gasteiger partial charge in [0, 0.05) is 27.5 Å². The Labute approximate surface area is 129 Å². The number of fused-ring (bicyclic) bond motifs is 1. The zero-order valence-electron chi connectivity index (χ0n) is 10.7. The fraction of sp³-hybridized carbons (Fsp3) is 0.357. The molecule has 2 heterocycles. The summed E-state index contributed by atoms with van der Waals surface area (Å²) in [4.78, 5) is 20.7. The lowest BCUT2D eigenvalue weighted by atomic mass is 10.1. The van der Waals surface area contributed by atoms with Gasteiger partial charge >= 0.3 is 5.97 Å². The van der Waals surface area contributed by atoms with Crippen LogP contribution in [0.15, 0.2) is 33.9 Å². The second-order valence-corrected chi connectivity index (χ2v) is 7.12. The summed E-state index contributed by atoms with van der Waals surface area (Å²) in [5, 5.41) is 8.95. The normalized spacial score (nSPS) is 16.2. The van der Waals surface area contributed by atoms with Gasteiger partial charge < -0.3 is 5.11 Å². The highest BCUT2D eigenvalue weighted by Crippen LogP contribution is 2.52. The summed E-state index contributed by atoms with van der Waals surface area (Å²) in [6.45, 7) is 0. The van der Waals surface area contributed by atoms with E-state index in [1.807, 2.05) is 12.1 Å². The highest BCUT2D eigenvalue weighted by molar-refractivity contribution is 9.10. The predicted octanol–water partition coefficient (Wildman–Crippen LogP) is 3.74. The van der Waals surface area contributed by atoms with Crippen LogP contribution in [0.25, 0.3) is 11.0 Å². The molecule has 1 aliphatic carbocycles. The van der Waals surface area contributed by atoms with E-state index < -0.39 is 5.97 Å². The van der Waals surface area contributed by atoms with Crippen LogP contribution in [0.1, 0.15) is 19.3 Å². The lowest BCUT2D eigenvalue weighted by Gasteiger charge is -2.12. The van der Waals surface area contributed by atoms with E-state index in [2.05, 4.69) is 25.9 Å². The first-order valence-electron chi connectivity index (χ1n) is 6.33. The molecule has 0 saturated heterocycles. The zero-order valence-corrected chi connectivity index (χ0v) is 13.1. The van der Waals surface area contributed by atoms with Crippen LogP contribution < -0.4 is 0 Å². The smallest absolute Gasteiger partial charge is 0.303 e. The lowest BCUT2D eigenvalue weighted by molar-refractivity contribution is -0.138. The van der Waals surface area contributed by atoms with Crippen molar-refractivity contribution < 1.29 is 9.90 Å². The lowest BCUT2D eigenvalue weighted by Crippen LogP contribution is -2.11. The summed E-state index contributed by atoms with van der Waals surface area (Å²) in [5.74, 6) is 0.126. The van der Waals surface area contributed by atoms with Crippen molar-refractivity contribution in [1.82, 2.24) is 9.97 Å². The molecule has 20 heavy (non-hydrogen) atoms. The number of carboxylic acids is 1. The van der Waals surface area contributed by atoms with Gasteiger partial charge in [0.15, 0.2) is 0 Å². The van der Waals surface area contributed by atoms with Gasteiger partial charge in [-0.2, -0.15) is 0 Å². The van der Waals surface area contributed by atoms with Gasteiger partial charge in [-0.05, 0) is 46.3 Å². The molecule has 1 N–H and O–H groups in total.